The van der Waals surface area contributed by atoms with Crippen LogP contribution in [0, 0.1) is 0 Å². The summed E-state index contributed by atoms with van der Waals surface area (Å²) in [6.45, 7) is 0.456. The lowest BCUT2D eigenvalue weighted by molar-refractivity contribution is -0.160. The fraction of sp³-hybridized carbons (Fsp3) is 0.538. The van der Waals surface area contributed by atoms with Crippen molar-refractivity contribution in [2.45, 2.75) is 37.9 Å². The highest BCUT2D eigenvalue weighted by molar-refractivity contribution is 5.70. The highest BCUT2D eigenvalue weighted by Crippen LogP contribution is 2.39. The smallest absolute Gasteiger partial charge is 0.308 e. The third-order valence-electron chi connectivity index (χ3n) is 3.21. The average molecular weight is 235 g/mol. The monoisotopic (exact) mass is 235 g/mol. The van der Waals surface area contributed by atoms with Crippen molar-refractivity contribution in [1.82, 2.24) is 4.98 Å². The maximum atomic E-state index is 11.3. The molecule has 1 aromatic rings. The van der Waals surface area contributed by atoms with Gasteiger partial charge in [0.2, 0.25) is 0 Å². The molecule has 0 aromatic carbocycles. The van der Waals surface area contributed by atoms with Gasteiger partial charge in [0.25, 0.3) is 0 Å². The minimum absolute atomic E-state index is 0.203. The molecule has 17 heavy (non-hydrogen) atoms. The van der Waals surface area contributed by atoms with E-state index >= 15 is 0 Å². The van der Waals surface area contributed by atoms with Gasteiger partial charge in [-0.2, -0.15) is 0 Å². The van der Waals surface area contributed by atoms with Crippen molar-refractivity contribution in [2.24, 2.45) is 0 Å². The Hall–Kier alpha value is -1.42. The van der Waals surface area contributed by atoms with Gasteiger partial charge in [-0.3, -0.25) is 9.78 Å². The van der Waals surface area contributed by atoms with Crippen molar-refractivity contribution in [3.8, 4) is 0 Å². The Bertz CT molecular complexity index is 374. The third-order valence-corrected chi connectivity index (χ3v) is 3.21. The second kappa shape index (κ2) is 5.27. The van der Waals surface area contributed by atoms with Gasteiger partial charge in [-0.25, -0.2) is 0 Å². The van der Waals surface area contributed by atoms with Crippen LogP contribution in [0.1, 0.15) is 31.4 Å². The standard InChI is InChI=1S/C13H17NO3/c1-16-12(15)9-13(6-4-7-13)17-10-11-5-2-3-8-14-11/h2-3,5,8H,4,6-7,9-10H2,1H3. The summed E-state index contributed by atoms with van der Waals surface area (Å²) in [4.78, 5) is 15.5. The topological polar surface area (TPSA) is 48.4 Å². The van der Waals surface area contributed by atoms with Gasteiger partial charge in [0, 0.05) is 6.20 Å². The van der Waals surface area contributed by atoms with Gasteiger partial charge in [-0.1, -0.05) is 6.07 Å². The van der Waals surface area contributed by atoms with Gasteiger partial charge in [0.05, 0.1) is 31.4 Å². The molecule has 1 aliphatic carbocycles. The molecule has 4 nitrogen and oxygen atoms in total. The molecule has 1 saturated carbocycles. The Morgan fingerprint density at radius 2 is 2.29 bits per heavy atom. The van der Waals surface area contributed by atoms with E-state index < -0.39 is 0 Å². The molecular formula is C13H17NO3. The minimum Gasteiger partial charge on any atom is -0.469 e. The molecule has 4 heteroatoms. The van der Waals surface area contributed by atoms with Crippen LogP contribution in [0.2, 0.25) is 0 Å². The summed E-state index contributed by atoms with van der Waals surface area (Å²) >= 11 is 0. The average Bonchev–Trinajstić information content (AvgIpc) is 2.33. The number of aromatic nitrogens is 1. The SMILES string of the molecule is COC(=O)CC1(OCc2ccccn2)CCC1. The number of nitrogens with zero attached hydrogens (tertiary/aromatic N) is 1. The molecular weight excluding hydrogens is 218 g/mol. The number of methoxy groups -OCH3 is 1. The van der Waals surface area contributed by atoms with E-state index in [2.05, 4.69) is 4.98 Å². The molecule has 1 aromatic heterocycles. The number of ether oxygens (including phenoxy) is 2. The third kappa shape index (κ3) is 3.03. The highest BCUT2D eigenvalue weighted by atomic mass is 16.5. The van der Waals surface area contributed by atoms with Crippen LogP contribution in [0.3, 0.4) is 0 Å². The Morgan fingerprint density at radius 1 is 1.47 bits per heavy atom. The second-order valence-electron chi connectivity index (χ2n) is 4.40. The van der Waals surface area contributed by atoms with Gasteiger partial charge < -0.3 is 9.47 Å². The highest BCUT2D eigenvalue weighted by Gasteiger charge is 2.40. The van der Waals surface area contributed by atoms with E-state index in [4.69, 9.17) is 9.47 Å². The summed E-state index contributed by atoms with van der Waals surface area (Å²) in [7, 11) is 1.41. The molecule has 0 spiro atoms. The Balaban J connectivity index is 1.89. The van der Waals surface area contributed by atoms with Crippen LogP contribution in [0.5, 0.6) is 0 Å². The zero-order valence-corrected chi connectivity index (χ0v) is 10.0. The normalized spacial score (nSPS) is 17.2. The lowest BCUT2D eigenvalue weighted by Crippen LogP contribution is -2.42. The van der Waals surface area contributed by atoms with Crippen LogP contribution in [0.25, 0.3) is 0 Å². The summed E-state index contributed by atoms with van der Waals surface area (Å²) in [6.07, 6.45) is 5.05. The molecule has 0 unspecified atom stereocenters. The van der Waals surface area contributed by atoms with Gasteiger partial charge in [0.1, 0.15) is 0 Å². The largest absolute Gasteiger partial charge is 0.469 e. The minimum atomic E-state index is -0.315. The molecule has 0 bridgehead atoms. The number of rotatable bonds is 5. The molecule has 0 amide bonds. The van der Waals surface area contributed by atoms with Crippen LogP contribution in [0.15, 0.2) is 24.4 Å². The molecule has 1 heterocycles. The number of hydrogen-bond acceptors (Lipinski definition) is 4. The van der Waals surface area contributed by atoms with Crippen molar-refractivity contribution in [3.05, 3.63) is 30.1 Å². The maximum Gasteiger partial charge on any atom is 0.308 e. The maximum absolute atomic E-state index is 11.3. The Labute approximate surface area is 101 Å². The fourth-order valence-corrected chi connectivity index (χ4v) is 1.99. The van der Waals surface area contributed by atoms with Crippen molar-refractivity contribution in [2.75, 3.05) is 7.11 Å². The van der Waals surface area contributed by atoms with Crippen LogP contribution in [-0.2, 0) is 20.9 Å². The molecule has 2 rings (SSSR count). The molecule has 0 saturated heterocycles. The fourth-order valence-electron chi connectivity index (χ4n) is 1.99. The molecule has 0 radical (unpaired) electrons. The quantitative estimate of drug-likeness (QED) is 0.733. The van der Waals surface area contributed by atoms with Crippen molar-refractivity contribution in [3.63, 3.8) is 0 Å². The first kappa shape index (κ1) is 12.0. The molecule has 0 atom stereocenters. The van der Waals surface area contributed by atoms with Crippen molar-refractivity contribution < 1.29 is 14.3 Å². The summed E-state index contributed by atoms with van der Waals surface area (Å²) < 4.78 is 10.6. The summed E-state index contributed by atoms with van der Waals surface area (Å²) in [5.41, 5.74) is 0.577. The summed E-state index contributed by atoms with van der Waals surface area (Å²) in [6, 6.07) is 5.72. The lowest BCUT2D eigenvalue weighted by atomic mass is 9.77. The van der Waals surface area contributed by atoms with Crippen LogP contribution in [0.4, 0.5) is 0 Å². The van der Waals surface area contributed by atoms with Gasteiger partial charge in [-0.15, -0.1) is 0 Å². The summed E-state index contributed by atoms with van der Waals surface area (Å²) in [5, 5.41) is 0. The van der Waals surface area contributed by atoms with E-state index in [1.165, 1.54) is 7.11 Å². The number of pyridine rings is 1. The number of carbonyl (C=O) groups excluding carboxylic acids is 1. The zero-order valence-electron chi connectivity index (χ0n) is 10.0. The Morgan fingerprint density at radius 3 is 2.82 bits per heavy atom. The van der Waals surface area contributed by atoms with E-state index in [1.807, 2.05) is 18.2 Å². The van der Waals surface area contributed by atoms with E-state index in [9.17, 15) is 4.79 Å². The summed E-state index contributed by atoms with van der Waals surface area (Å²) in [5.74, 6) is -0.203. The molecule has 1 fully saturated rings. The van der Waals surface area contributed by atoms with E-state index in [1.54, 1.807) is 6.20 Å². The molecule has 0 N–H and O–H groups in total. The Kier molecular flexibility index (Phi) is 3.74. The van der Waals surface area contributed by atoms with E-state index in [0.29, 0.717) is 13.0 Å². The predicted octanol–water partition coefficient (Wildman–Crippen LogP) is 2.08. The van der Waals surface area contributed by atoms with Crippen LogP contribution >= 0.6 is 0 Å². The first-order chi connectivity index (χ1) is 8.24. The molecule has 92 valence electrons. The van der Waals surface area contributed by atoms with Gasteiger partial charge in [-0.05, 0) is 31.4 Å². The first-order valence-corrected chi connectivity index (χ1v) is 5.85. The van der Waals surface area contributed by atoms with Crippen molar-refractivity contribution >= 4 is 5.97 Å². The van der Waals surface area contributed by atoms with E-state index in [-0.39, 0.29) is 11.6 Å². The van der Waals surface area contributed by atoms with Crippen LogP contribution < -0.4 is 0 Å². The second-order valence-corrected chi connectivity index (χ2v) is 4.40. The lowest BCUT2D eigenvalue weighted by Gasteiger charge is -2.40. The number of hydrogen-bond donors (Lipinski definition) is 0. The molecule has 1 aliphatic rings. The van der Waals surface area contributed by atoms with Gasteiger partial charge >= 0.3 is 5.97 Å². The zero-order chi connectivity index (χ0) is 12.1. The van der Waals surface area contributed by atoms with Gasteiger partial charge in [0.15, 0.2) is 0 Å². The number of esters is 1. The van der Waals surface area contributed by atoms with E-state index in [0.717, 1.165) is 25.0 Å². The van der Waals surface area contributed by atoms with Crippen molar-refractivity contribution in [1.29, 1.82) is 0 Å². The number of carbonyl (C=O) groups is 1. The van der Waals surface area contributed by atoms with Crippen LogP contribution in [-0.4, -0.2) is 23.7 Å². The predicted molar refractivity (Wildman–Crippen MR) is 62.2 cm³/mol. The molecule has 0 aliphatic heterocycles. The first-order valence-electron chi connectivity index (χ1n) is 5.85.